The van der Waals surface area contributed by atoms with Crippen LogP contribution in [0.25, 0.3) is 0 Å². The largest absolute Gasteiger partial charge is 0.496 e. The van der Waals surface area contributed by atoms with Crippen LogP contribution in [0.4, 0.5) is 10.5 Å². The molecule has 0 aliphatic carbocycles. The summed E-state index contributed by atoms with van der Waals surface area (Å²) in [5, 5.41) is 12.1. The van der Waals surface area contributed by atoms with E-state index < -0.39 is 0 Å². The van der Waals surface area contributed by atoms with E-state index in [-0.39, 0.29) is 19.2 Å². The minimum Gasteiger partial charge on any atom is -0.496 e. The van der Waals surface area contributed by atoms with Gasteiger partial charge in [0.2, 0.25) is 0 Å². The van der Waals surface area contributed by atoms with E-state index in [1.54, 1.807) is 18.1 Å². The number of rotatable bonds is 6. The van der Waals surface area contributed by atoms with Crippen LogP contribution >= 0.6 is 0 Å². The molecule has 0 spiro atoms. The van der Waals surface area contributed by atoms with Crippen molar-refractivity contribution in [3.8, 4) is 5.75 Å². The first kappa shape index (κ1) is 16.8. The number of ether oxygens (including phenoxy) is 1. The van der Waals surface area contributed by atoms with Crippen LogP contribution in [0.2, 0.25) is 0 Å². The Bertz CT molecular complexity index is 644. The molecule has 2 aromatic rings. The molecule has 2 aromatic carbocycles. The van der Waals surface area contributed by atoms with E-state index in [2.05, 4.69) is 5.32 Å². The molecule has 23 heavy (non-hydrogen) atoms. The van der Waals surface area contributed by atoms with Gasteiger partial charge in [-0.05, 0) is 36.2 Å². The molecular weight excluding hydrogens is 292 g/mol. The third-order valence-corrected chi connectivity index (χ3v) is 3.52. The highest BCUT2D eigenvalue weighted by Crippen LogP contribution is 2.21. The molecule has 0 heterocycles. The maximum absolute atomic E-state index is 12.4. The maximum atomic E-state index is 12.4. The Labute approximate surface area is 136 Å². The van der Waals surface area contributed by atoms with Crippen LogP contribution < -0.4 is 10.1 Å². The van der Waals surface area contributed by atoms with Crippen LogP contribution in [0.3, 0.4) is 0 Å². The summed E-state index contributed by atoms with van der Waals surface area (Å²) in [6.45, 7) is 2.56. The van der Waals surface area contributed by atoms with Crippen molar-refractivity contribution in [3.05, 3.63) is 59.7 Å². The number of carbonyl (C=O) groups is 1. The molecule has 2 N–H and O–H groups in total. The van der Waals surface area contributed by atoms with Gasteiger partial charge < -0.3 is 20.1 Å². The van der Waals surface area contributed by atoms with Crippen molar-refractivity contribution >= 4 is 11.7 Å². The normalized spacial score (nSPS) is 10.2. The molecule has 0 aromatic heterocycles. The molecule has 122 valence electrons. The Morgan fingerprint density at radius 2 is 1.96 bits per heavy atom. The topological polar surface area (TPSA) is 61.8 Å². The van der Waals surface area contributed by atoms with Crippen molar-refractivity contribution in [1.82, 2.24) is 4.90 Å². The van der Waals surface area contributed by atoms with Crippen LogP contribution in [0, 0.1) is 6.92 Å². The first-order valence-corrected chi connectivity index (χ1v) is 7.49. The monoisotopic (exact) mass is 314 g/mol. The second-order valence-electron chi connectivity index (χ2n) is 5.25. The first-order valence-electron chi connectivity index (χ1n) is 7.49. The Hall–Kier alpha value is -2.53. The first-order chi connectivity index (χ1) is 11.1. The molecule has 0 bridgehead atoms. The van der Waals surface area contributed by atoms with E-state index in [0.717, 1.165) is 16.9 Å². The molecule has 2 rings (SSSR count). The second kappa shape index (κ2) is 8.19. The number of hydrogen-bond donors (Lipinski definition) is 2. The SMILES string of the molecule is COc1ccc(NC(=O)N(CCO)Cc2ccccc2)cc1C. The van der Waals surface area contributed by atoms with Gasteiger partial charge in [-0.1, -0.05) is 30.3 Å². The summed E-state index contributed by atoms with van der Waals surface area (Å²) < 4.78 is 5.21. The van der Waals surface area contributed by atoms with Crippen LogP contribution in [-0.4, -0.2) is 36.3 Å². The summed E-state index contributed by atoms with van der Waals surface area (Å²) in [4.78, 5) is 14.0. The zero-order chi connectivity index (χ0) is 16.7. The lowest BCUT2D eigenvalue weighted by molar-refractivity contribution is 0.185. The molecule has 0 aliphatic heterocycles. The summed E-state index contributed by atoms with van der Waals surface area (Å²) in [6.07, 6.45) is 0. The van der Waals surface area contributed by atoms with Gasteiger partial charge in [0.15, 0.2) is 0 Å². The fourth-order valence-corrected chi connectivity index (χ4v) is 2.34. The van der Waals surface area contributed by atoms with Crippen molar-refractivity contribution in [3.63, 3.8) is 0 Å². The number of amides is 2. The lowest BCUT2D eigenvalue weighted by Gasteiger charge is -2.22. The van der Waals surface area contributed by atoms with E-state index in [9.17, 15) is 9.90 Å². The fraction of sp³-hybridized carbons (Fsp3) is 0.278. The molecule has 0 radical (unpaired) electrons. The molecule has 2 amide bonds. The number of nitrogens with zero attached hydrogens (tertiary/aromatic N) is 1. The van der Waals surface area contributed by atoms with Crippen molar-refractivity contribution in [2.75, 3.05) is 25.6 Å². The Balaban J connectivity index is 2.07. The lowest BCUT2D eigenvalue weighted by atomic mass is 10.2. The lowest BCUT2D eigenvalue weighted by Crippen LogP contribution is -2.36. The van der Waals surface area contributed by atoms with Crippen LogP contribution in [0.1, 0.15) is 11.1 Å². The molecule has 5 heteroatoms. The number of anilines is 1. The predicted molar refractivity (Wildman–Crippen MR) is 90.7 cm³/mol. The molecule has 0 fully saturated rings. The van der Waals surface area contributed by atoms with Gasteiger partial charge in [0.1, 0.15) is 5.75 Å². The van der Waals surface area contributed by atoms with E-state index in [1.807, 2.05) is 49.4 Å². The number of benzene rings is 2. The summed E-state index contributed by atoms with van der Waals surface area (Å²) in [5.74, 6) is 0.777. The minimum atomic E-state index is -0.243. The van der Waals surface area contributed by atoms with Gasteiger partial charge in [0, 0.05) is 18.8 Å². The number of aryl methyl sites for hydroxylation is 1. The molecule has 0 unspecified atom stereocenters. The van der Waals surface area contributed by atoms with Crippen LogP contribution in [0.5, 0.6) is 5.75 Å². The number of carbonyl (C=O) groups excluding carboxylic acids is 1. The number of methoxy groups -OCH3 is 1. The highest BCUT2D eigenvalue weighted by Gasteiger charge is 2.14. The number of urea groups is 1. The predicted octanol–water partition coefficient (Wildman–Crippen LogP) is 3.03. The fourth-order valence-electron chi connectivity index (χ4n) is 2.34. The van der Waals surface area contributed by atoms with Gasteiger partial charge in [0.05, 0.1) is 13.7 Å². The van der Waals surface area contributed by atoms with Gasteiger partial charge in [0.25, 0.3) is 0 Å². The number of aliphatic hydroxyl groups excluding tert-OH is 1. The summed E-state index contributed by atoms with van der Waals surface area (Å²) in [5.41, 5.74) is 2.66. The Morgan fingerprint density at radius 3 is 2.57 bits per heavy atom. The number of nitrogens with one attached hydrogen (secondary N) is 1. The molecule has 0 saturated heterocycles. The second-order valence-corrected chi connectivity index (χ2v) is 5.25. The summed E-state index contributed by atoms with van der Waals surface area (Å²) in [6, 6.07) is 14.9. The zero-order valence-electron chi connectivity index (χ0n) is 13.5. The molecular formula is C18H22N2O3. The van der Waals surface area contributed by atoms with Crippen molar-refractivity contribution in [1.29, 1.82) is 0 Å². The standard InChI is InChI=1S/C18H22N2O3/c1-14-12-16(8-9-17(14)23-2)19-18(22)20(10-11-21)13-15-6-4-3-5-7-15/h3-9,12,21H,10-11,13H2,1-2H3,(H,19,22). The van der Waals surface area contributed by atoms with E-state index >= 15 is 0 Å². The van der Waals surface area contributed by atoms with Crippen LogP contribution in [0.15, 0.2) is 48.5 Å². The van der Waals surface area contributed by atoms with Gasteiger partial charge in [-0.15, -0.1) is 0 Å². The molecule has 5 nitrogen and oxygen atoms in total. The van der Waals surface area contributed by atoms with Crippen molar-refractivity contribution in [2.24, 2.45) is 0 Å². The van der Waals surface area contributed by atoms with E-state index in [0.29, 0.717) is 12.2 Å². The smallest absolute Gasteiger partial charge is 0.322 e. The minimum absolute atomic E-state index is 0.0815. The van der Waals surface area contributed by atoms with Crippen molar-refractivity contribution in [2.45, 2.75) is 13.5 Å². The van der Waals surface area contributed by atoms with E-state index in [1.165, 1.54) is 0 Å². The average molecular weight is 314 g/mol. The third-order valence-electron chi connectivity index (χ3n) is 3.52. The molecule has 0 atom stereocenters. The summed E-state index contributed by atoms with van der Waals surface area (Å²) in [7, 11) is 1.61. The quantitative estimate of drug-likeness (QED) is 0.861. The van der Waals surface area contributed by atoms with Crippen LogP contribution in [-0.2, 0) is 6.54 Å². The third kappa shape index (κ3) is 4.72. The maximum Gasteiger partial charge on any atom is 0.322 e. The van der Waals surface area contributed by atoms with Gasteiger partial charge in [-0.3, -0.25) is 0 Å². The average Bonchev–Trinajstić information content (AvgIpc) is 2.55. The van der Waals surface area contributed by atoms with Gasteiger partial charge in [-0.2, -0.15) is 0 Å². The number of hydrogen-bond acceptors (Lipinski definition) is 3. The van der Waals surface area contributed by atoms with E-state index in [4.69, 9.17) is 4.74 Å². The highest BCUT2D eigenvalue weighted by atomic mass is 16.5. The number of aliphatic hydroxyl groups is 1. The Morgan fingerprint density at radius 1 is 1.22 bits per heavy atom. The van der Waals surface area contributed by atoms with Crippen molar-refractivity contribution < 1.29 is 14.6 Å². The zero-order valence-corrected chi connectivity index (χ0v) is 13.5. The summed E-state index contributed by atoms with van der Waals surface area (Å²) >= 11 is 0. The van der Waals surface area contributed by atoms with Gasteiger partial charge >= 0.3 is 6.03 Å². The van der Waals surface area contributed by atoms with Gasteiger partial charge in [-0.25, -0.2) is 4.79 Å². The Kier molecular flexibility index (Phi) is 6.00. The highest BCUT2D eigenvalue weighted by molar-refractivity contribution is 5.89. The molecule has 0 aliphatic rings. The molecule has 0 saturated carbocycles.